The zero-order valence-electron chi connectivity index (χ0n) is 13.7. The van der Waals surface area contributed by atoms with E-state index >= 15 is 0 Å². The molecule has 0 saturated heterocycles. The van der Waals surface area contributed by atoms with E-state index in [1.807, 2.05) is 51.1 Å². The van der Waals surface area contributed by atoms with Crippen molar-refractivity contribution in [3.8, 4) is 0 Å². The highest BCUT2D eigenvalue weighted by molar-refractivity contribution is 6.06. The lowest BCUT2D eigenvalue weighted by Crippen LogP contribution is -2.43. The quantitative estimate of drug-likeness (QED) is 0.883. The summed E-state index contributed by atoms with van der Waals surface area (Å²) in [7, 11) is 0. The average molecular weight is 310 g/mol. The topological polar surface area (TPSA) is 63.4 Å². The SMILES string of the molecule is CC(C)(C)C(=O)N(Cc1ccccc1)C(=O)c1ccc(N)cc1. The van der Waals surface area contributed by atoms with Crippen LogP contribution in [-0.4, -0.2) is 16.7 Å². The smallest absolute Gasteiger partial charge is 0.260 e. The van der Waals surface area contributed by atoms with Crippen LogP contribution in [0.4, 0.5) is 5.69 Å². The van der Waals surface area contributed by atoms with Crippen LogP contribution in [0.15, 0.2) is 54.6 Å². The predicted molar refractivity (Wildman–Crippen MR) is 91.6 cm³/mol. The maximum absolute atomic E-state index is 12.8. The number of benzene rings is 2. The number of hydrogen-bond acceptors (Lipinski definition) is 3. The number of nitrogens with zero attached hydrogens (tertiary/aromatic N) is 1. The summed E-state index contributed by atoms with van der Waals surface area (Å²) in [5.74, 6) is -0.517. The van der Waals surface area contributed by atoms with Gasteiger partial charge in [0.15, 0.2) is 0 Å². The summed E-state index contributed by atoms with van der Waals surface area (Å²) in [6.45, 7) is 5.68. The molecule has 23 heavy (non-hydrogen) atoms. The second-order valence-corrected chi connectivity index (χ2v) is 6.55. The molecular weight excluding hydrogens is 288 g/mol. The van der Waals surface area contributed by atoms with Gasteiger partial charge in [-0.3, -0.25) is 14.5 Å². The fourth-order valence-electron chi connectivity index (χ4n) is 2.19. The van der Waals surface area contributed by atoms with Gasteiger partial charge in [0, 0.05) is 16.7 Å². The van der Waals surface area contributed by atoms with Gasteiger partial charge >= 0.3 is 0 Å². The summed E-state index contributed by atoms with van der Waals surface area (Å²) >= 11 is 0. The van der Waals surface area contributed by atoms with Gasteiger partial charge < -0.3 is 5.73 Å². The first kappa shape index (κ1) is 16.7. The number of carbonyl (C=O) groups is 2. The number of rotatable bonds is 3. The lowest BCUT2D eigenvalue weighted by Gasteiger charge is -2.28. The number of carbonyl (C=O) groups excluding carboxylic acids is 2. The van der Waals surface area contributed by atoms with Gasteiger partial charge in [0.25, 0.3) is 5.91 Å². The summed E-state index contributed by atoms with van der Waals surface area (Å²) in [4.78, 5) is 26.9. The van der Waals surface area contributed by atoms with Gasteiger partial charge in [-0.1, -0.05) is 51.1 Å². The van der Waals surface area contributed by atoms with Crippen molar-refractivity contribution >= 4 is 17.5 Å². The van der Waals surface area contributed by atoms with Crippen molar-refractivity contribution < 1.29 is 9.59 Å². The fourth-order valence-corrected chi connectivity index (χ4v) is 2.19. The van der Waals surface area contributed by atoms with Crippen LogP contribution in [0.25, 0.3) is 0 Å². The average Bonchev–Trinajstić information content (AvgIpc) is 2.52. The molecule has 2 rings (SSSR count). The van der Waals surface area contributed by atoms with E-state index < -0.39 is 5.41 Å². The van der Waals surface area contributed by atoms with E-state index in [0.717, 1.165) is 5.56 Å². The van der Waals surface area contributed by atoms with Gasteiger partial charge in [0.05, 0.1) is 6.54 Å². The van der Waals surface area contributed by atoms with Gasteiger partial charge in [0.1, 0.15) is 0 Å². The Balaban J connectivity index is 2.34. The summed E-state index contributed by atoms with van der Waals surface area (Å²) in [6.07, 6.45) is 0. The molecule has 0 saturated carbocycles. The second kappa shape index (κ2) is 6.65. The normalized spacial score (nSPS) is 11.1. The Labute approximate surface area is 136 Å². The third-order valence-corrected chi connectivity index (χ3v) is 3.47. The Morgan fingerprint density at radius 1 is 0.957 bits per heavy atom. The Morgan fingerprint density at radius 3 is 2.04 bits per heavy atom. The molecule has 0 aliphatic carbocycles. The number of hydrogen-bond donors (Lipinski definition) is 1. The minimum absolute atomic E-state index is 0.205. The molecule has 120 valence electrons. The molecule has 2 aromatic carbocycles. The lowest BCUT2D eigenvalue weighted by atomic mass is 9.94. The third kappa shape index (κ3) is 4.19. The maximum atomic E-state index is 12.8. The molecule has 0 aromatic heterocycles. The minimum atomic E-state index is -0.641. The monoisotopic (exact) mass is 310 g/mol. The molecule has 2 aromatic rings. The molecular formula is C19H22N2O2. The van der Waals surface area contributed by atoms with E-state index in [-0.39, 0.29) is 18.4 Å². The molecule has 0 atom stereocenters. The fraction of sp³-hybridized carbons (Fsp3) is 0.263. The first-order valence-corrected chi connectivity index (χ1v) is 7.55. The van der Waals surface area contributed by atoms with Crippen LogP contribution in [0.1, 0.15) is 36.7 Å². The lowest BCUT2D eigenvalue weighted by molar-refractivity contribution is -0.137. The Kier molecular flexibility index (Phi) is 4.84. The molecule has 0 radical (unpaired) electrons. The zero-order chi connectivity index (χ0) is 17.0. The van der Waals surface area contributed by atoms with Crippen LogP contribution < -0.4 is 5.73 Å². The van der Waals surface area contributed by atoms with Crippen LogP contribution in [-0.2, 0) is 11.3 Å². The molecule has 0 bridgehead atoms. The Bertz CT molecular complexity index is 686. The maximum Gasteiger partial charge on any atom is 0.260 e. The van der Waals surface area contributed by atoms with Crippen LogP contribution in [0, 0.1) is 5.41 Å². The number of amides is 2. The van der Waals surface area contributed by atoms with Crippen molar-refractivity contribution in [3.63, 3.8) is 0 Å². The van der Waals surface area contributed by atoms with Crippen LogP contribution >= 0.6 is 0 Å². The van der Waals surface area contributed by atoms with E-state index in [1.54, 1.807) is 24.3 Å². The molecule has 0 aliphatic heterocycles. The van der Waals surface area contributed by atoms with Crippen molar-refractivity contribution in [2.75, 3.05) is 5.73 Å². The van der Waals surface area contributed by atoms with Crippen LogP contribution in [0.3, 0.4) is 0 Å². The van der Waals surface area contributed by atoms with Crippen molar-refractivity contribution in [2.24, 2.45) is 5.41 Å². The van der Waals surface area contributed by atoms with Gasteiger partial charge in [-0.15, -0.1) is 0 Å². The molecule has 4 heteroatoms. The first-order valence-electron chi connectivity index (χ1n) is 7.55. The first-order chi connectivity index (χ1) is 10.8. The standard InChI is InChI=1S/C19H22N2O2/c1-19(2,3)18(23)21(13-14-7-5-4-6-8-14)17(22)15-9-11-16(20)12-10-15/h4-12H,13,20H2,1-3H3. The molecule has 2 amide bonds. The van der Waals surface area contributed by atoms with Gasteiger partial charge in [-0.05, 0) is 29.8 Å². The van der Waals surface area contributed by atoms with E-state index in [2.05, 4.69) is 0 Å². The summed E-state index contributed by atoms with van der Waals surface area (Å²) in [5, 5.41) is 0. The van der Waals surface area contributed by atoms with E-state index in [0.29, 0.717) is 11.3 Å². The molecule has 0 fully saturated rings. The van der Waals surface area contributed by atoms with Crippen LogP contribution in [0.2, 0.25) is 0 Å². The van der Waals surface area contributed by atoms with Gasteiger partial charge in [-0.2, -0.15) is 0 Å². The summed E-state index contributed by atoms with van der Waals surface area (Å²) in [5.41, 5.74) is 6.97. The second-order valence-electron chi connectivity index (χ2n) is 6.55. The third-order valence-electron chi connectivity index (χ3n) is 3.47. The Morgan fingerprint density at radius 2 is 1.52 bits per heavy atom. The van der Waals surface area contributed by atoms with E-state index in [1.165, 1.54) is 4.90 Å². The molecule has 2 N–H and O–H groups in total. The largest absolute Gasteiger partial charge is 0.399 e. The highest BCUT2D eigenvalue weighted by Crippen LogP contribution is 2.21. The number of nitrogen functional groups attached to an aromatic ring is 1. The number of imide groups is 1. The highest BCUT2D eigenvalue weighted by atomic mass is 16.2. The van der Waals surface area contributed by atoms with Crippen molar-refractivity contribution in [1.29, 1.82) is 0 Å². The van der Waals surface area contributed by atoms with Crippen molar-refractivity contribution in [1.82, 2.24) is 4.90 Å². The summed E-state index contributed by atoms with van der Waals surface area (Å²) < 4.78 is 0. The van der Waals surface area contributed by atoms with E-state index in [4.69, 9.17) is 5.73 Å². The van der Waals surface area contributed by atoms with Gasteiger partial charge in [-0.25, -0.2) is 0 Å². The molecule has 0 unspecified atom stereocenters. The highest BCUT2D eigenvalue weighted by Gasteiger charge is 2.32. The zero-order valence-corrected chi connectivity index (χ0v) is 13.7. The van der Waals surface area contributed by atoms with E-state index in [9.17, 15) is 9.59 Å². The van der Waals surface area contributed by atoms with Crippen molar-refractivity contribution in [2.45, 2.75) is 27.3 Å². The minimum Gasteiger partial charge on any atom is -0.399 e. The number of nitrogens with two attached hydrogens (primary N) is 1. The molecule has 4 nitrogen and oxygen atoms in total. The van der Waals surface area contributed by atoms with Gasteiger partial charge in [0.2, 0.25) is 5.91 Å². The number of anilines is 1. The molecule has 0 aliphatic rings. The van der Waals surface area contributed by atoms with Crippen molar-refractivity contribution in [3.05, 3.63) is 65.7 Å². The molecule has 0 heterocycles. The summed E-state index contributed by atoms with van der Waals surface area (Å²) in [6, 6.07) is 16.1. The molecule has 0 spiro atoms. The Hall–Kier alpha value is -2.62. The van der Waals surface area contributed by atoms with Crippen LogP contribution in [0.5, 0.6) is 0 Å². The predicted octanol–water partition coefficient (Wildman–Crippen LogP) is 3.48.